The summed E-state index contributed by atoms with van der Waals surface area (Å²) in [4.78, 5) is 24.9. The van der Waals surface area contributed by atoms with Crippen LogP contribution in [0, 0.1) is 11.8 Å². The van der Waals surface area contributed by atoms with Gasteiger partial charge in [-0.05, 0) is 36.4 Å². The molecule has 0 aliphatic carbocycles. The maximum atomic E-state index is 12.7. The molecule has 2 N–H and O–H groups in total. The molecule has 0 heterocycles. The fourth-order valence-electron chi connectivity index (χ4n) is 2.79. The van der Waals surface area contributed by atoms with Crippen molar-refractivity contribution in [3.63, 3.8) is 0 Å². The van der Waals surface area contributed by atoms with Gasteiger partial charge in [0, 0.05) is 29.6 Å². The normalized spacial score (nSPS) is 11.8. The number of anilines is 1. The molecular formula is C22H27NO5. The molecule has 0 aromatic heterocycles. The third-order valence-corrected chi connectivity index (χ3v) is 4.51. The van der Waals surface area contributed by atoms with E-state index >= 15 is 0 Å². The van der Waals surface area contributed by atoms with E-state index in [9.17, 15) is 14.7 Å². The average Bonchev–Trinajstić information content (AvgIpc) is 2.71. The minimum absolute atomic E-state index is 0.0364. The Morgan fingerprint density at radius 1 is 0.964 bits per heavy atom. The Balaban J connectivity index is 2.09. The topological polar surface area (TPSA) is 84.9 Å². The molecule has 0 spiro atoms. The van der Waals surface area contributed by atoms with Crippen LogP contribution in [0.3, 0.4) is 0 Å². The fourth-order valence-corrected chi connectivity index (χ4v) is 2.79. The molecule has 0 radical (unpaired) electrons. The number of ketones is 2. The zero-order valence-corrected chi connectivity index (χ0v) is 16.9. The third-order valence-electron chi connectivity index (χ3n) is 4.51. The number of benzene rings is 2. The second-order valence-corrected chi connectivity index (χ2v) is 6.97. The summed E-state index contributed by atoms with van der Waals surface area (Å²) in [5.74, 6) is 0.336. The van der Waals surface area contributed by atoms with Gasteiger partial charge in [0.2, 0.25) is 0 Å². The maximum Gasteiger partial charge on any atom is 0.169 e. The van der Waals surface area contributed by atoms with E-state index in [1.54, 1.807) is 51.3 Å². The summed E-state index contributed by atoms with van der Waals surface area (Å²) >= 11 is 0. The molecule has 0 aliphatic heterocycles. The molecule has 0 amide bonds. The zero-order chi connectivity index (χ0) is 20.8. The number of phenolic OH excluding ortho intramolecular Hbond substituents is 1. The Hall–Kier alpha value is -3.02. The van der Waals surface area contributed by atoms with Gasteiger partial charge in [-0.1, -0.05) is 20.8 Å². The lowest BCUT2D eigenvalue weighted by atomic mass is 9.98. The summed E-state index contributed by atoms with van der Waals surface area (Å²) in [6, 6.07) is 9.86. The van der Waals surface area contributed by atoms with E-state index in [1.807, 2.05) is 6.92 Å². The van der Waals surface area contributed by atoms with Crippen molar-refractivity contribution in [3.05, 3.63) is 47.5 Å². The van der Waals surface area contributed by atoms with Crippen LogP contribution in [0.15, 0.2) is 36.4 Å². The molecule has 0 aliphatic rings. The Morgan fingerprint density at radius 2 is 1.64 bits per heavy atom. The first-order chi connectivity index (χ1) is 13.3. The number of hydrogen-bond acceptors (Lipinski definition) is 6. The van der Waals surface area contributed by atoms with Crippen LogP contribution in [-0.2, 0) is 0 Å². The quantitative estimate of drug-likeness (QED) is 0.498. The van der Waals surface area contributed by atoms with Crippen LogP contribution >= 0.6 is 0 Å². The van der Waals surface area contributed by atoms with Gasteiger partial charge in [-0.3, -0.25) is 9.59 Å². The number of hydrogen-bond donors (Lipinski definition) is 2. The minimum Gasteiger partial charge on any atom is -0.507 e. The van der Waals surface area contributed by atoms with Gasteiger partial charge in [0.1, 0.15) is 5.75 Å². The van der Waals surface area contributed by atoms with Crippen molar-refractivity contribution in [2.24, 2.45) is 11.8 Å². The number of Topliss-reactive ketones (excluding diaryl/α,β-unsaturated/α-hetero) is 2. The molecule has 1 atom stereocenters. The predicted molar refractivity (Wildman–Crippen MR) is 109 cm³/mol. The number of methoxy groups -OCH3 is 2. The Labute approximate surface area is 165 Å². The predicted octanol–water partition coefficient (Wildman–Crippen LogP) is 4.18. The van der Waals surface area contributed by atoms with Crippen molar-refractivity contribution in [1.82, 2.24) is 0 Å². The fraction of sp³-hybridized carbons (Fsp3) is 0.364. The Morgan fingerprint density at radius 3 is 2.25 bits per heavy atom. The molecule has 150 valence electrons. The number of rotatable bonds is 9. The molecule has 2 aromatic rings. The van der Waals surface area contributed by atoms with Gasteiger partial charge in [-0.15, -0.1) is 0 Å². The van der Waals surface area contributed by atoms with E-state index in [4.69, 9.17) is 9.47 Å². The van der Waals surface area contributed by atoms with Crippen LogP contribution in [0.25, 0.3) is 0 Å². The van der Waals surface area contributed by atoms with Gasteiger partial charge in [0.25, 0.3) is 0 Å². The van der Waals surface area contributed by atoms with Crippen molar-refractivity contribution >= 4 is 17.3 Å². The highest BCUT2D eigenvalue weighted by Gasteiger charge is 2.19. The van der Waals surface area contributed by atoms with E-state index in [0.717, 1.165) is 0 Å². The van der Waals surface area contributed by atoms with Crippen molar-refractivity contribution in [1.29, 1.82) is 0 Å². The van der Waals surface area contributed by atoms with Crippen molar-refractivity contribution in [3.8, 4) is 17.2 Å². The highest BCUT2D eigenvalue weighted by atomic mass is 16.5. The highest BCUT2D eigenvalue weighted by molar-refractivity contribution is 6.01. The molecule has 0 fully saturated rings. The molecular weight excluding hydrogens is 358 g/mol. The molecule has 0 saturated heterocycles. The summed E-state index contributed by atoms with van der Waals surface area (Å²) in [6.07, 6.45) is 0. The summed E-state index contributed by atoms with van der Waals surface area (Å²) < 4.78 is 10.5. The first-order valence-electron chi connectivity index (χ1n) is 9.15. The lowest BCUT2D eigenvalue weighted by Gasteiger charge is -2.15. The molecule has 1 unspecified atom stereocenters. The summed E-state index contributed by atoms with van der Waals surface area (Å²) in [6.45, 7) is 5.78. The second kappa shape index (κ2) is 9.26. The Bertz CT molecular complexity index is 860. The number of phenols is 1. The number of carbonyl (C=O) groups excluding carboxylic acids is 2. The van der Waals surface area contributed by atoms with Gasteiger partial charge in [0.05, 0.1) is 19.8 Å². The molecule has 6 nitrogen and oxygen atoms in total. The van der Waals surface area contributed by atoms with E-state index in [0.29, 0.717) is 29.3 Å². The standard InChI is InChI=1S/C22H27NO5/c1-13(2)21(25)17-11-16(7-8-18(17)24)23-12-14(3)22(26)15-6-9-19(27-4)20(10-15)28-5/h6-11,13-14,23-24H,12H2,1-5H3. The van der Waals surface area contributed by atoms with Crippen LogP contribution in [0.2, 0.25) is 0 Å². The van der Waals surface area contributed by atoms with Crippen LogP contribution < -0.4 is 14.8 Å². The van der Waals surface area contributed by atoms with Gasteiger partial charge in [0.15, 0.2) is 23.1 Å². The first-order valence-corrected chi connectivity index (χ1v) is 9.15. The largest absolute Gasteiger partial charge is 0.507 e. The summed E-state index contributed by atoms with van der Waals surface area (Å²) in [5, 5.41) is 13.1. The first kappa shape index (κ1) is 21.3. The minimum atomic E-state index is -0.309. The molecule has 0 bridgehead atoms. The molecule has 2 aromatic carbocycles. The van der Waals surface area contributed by atoms with Crippen molar-refractivity contribution in [2.75, 3.05) is 26.1 Å². The number of carbonyl (C=O) groups is 2. The van der Waals surface area contributed by atoms with Crippen molar-refractivity contribution in [2.45, 2.75) is 20.8 Å². The Kier molecular flexibility index (Phi) is 7.04. The van der Waals surface area contributed by atoms with Crippen LogP contribution in [0.4, 0.5) is 5.69 Å². The number of ether oxygens (including phenoxy) is 2. The van der Waals surface area contributed by atoms with E-state index in [1.165, 1.54) is 13.2 Å². The van der Waals surface area contributed by atoms with Gasteiger partial charge >= 0.3 is 0 Å². The second-order valence-electron chi connectivity index (χ2n) is 6.97. The highest BCUT2D eigenvalue weighted by Crippen LogP contribution is 2.29. The third kappa shape index (κ3) is 4.82. The molecule has 28 heavy (non-hydrogen) atoms. The van der Waals surface area contributed by atoms with Crippen LogP contribution in [0.5, 0.6) is 17.2 Å². The van der Waals surface area contributed by atoms with Gasteiger partial charge in [-0.2, -0.15) is 0 Å². The number of aromatic hydroxyl groups is 1. The van der Waals surface area contributed by atoms with Crippen molar-refractivity contribution < 1.29 is 24.2 Å². The molecule has 0 saturated carbocycles. The monoisotopic (exact) mass is 385 g/mol. The van der Waals surface area contributed by atoms with Crippen LogP contribution in [0.1, 0.15) is 41.5 Å². The SMILES string of the molecule is COc1ccc(C(=O)C(C)CNc2ccc(O)c(C(=O)C(C)C)c2)cc1OC. The number of nitrogens with one attached hydrogen (secondary N) is 1. The maximum absolute atomic E-state index is 12.7. The van der Waals surface area contributed by atoms with Crippen LogP contribution in [-0.4, -0.2) is 37.4 Å². The average molecular weight is 385 g/mol. The van der Waals surface area contributed by atoms with E-state index in [-0.39, 0.29) is 34.7 Å². The van der Waals surface area contributed by atoms with Gasteiger partial charge < -0.3 is 19.9 Å². The van der Waals surface area contributed by atoms with E-state index in [2.05, 4.69) is 5.32 Å². The smallest absolute Gasteiger partial charge is 0.169 e. The molecule has 6 heteroatoms. The molecule has 2 rings (SSSR count). The lowest BCUT2D eigenvalue weighted by molar-refractivity contribution is 0.0928. The summed E-state index contributed by atoms with van der Waals surface area (Å²) in [7, 11) is 3.07. The summed E-state index contributed by atoms with van der Waals surface area (Å²) in [5.41, 5.74) is 1.49. The van der Waals surface area contributed by atoms with Gasteiger partial charge in [-0.25, -0.2) is 0 Å². The van der Waals surface area contributed by atoms with E-state index < -0.39 is 0 Å². The zero-order valence-electron chi connectivity index (χ0n) is 16.9. The lowest BCUT2D eigenvalue weighted by Crippen LogP contribution is -2.21.